The van der Waals surface area contributed by atoms with Crippen molar-refractivity contribution in [2.75, 3.05) is 32.6 Å². The van der Waals surface area contributed by atoms with Crippen molar-refractivity contribution in [2.24, 2.45) is 0 Å². The molecule has 238 valence electrons. The van der Waals surface area contributed by atoms with E-state index in [4.69, 9.17) is 23.2 Å². The number of likely N-dealkylation sites (N-methyl/N-ethyl adjacent to an activating group) is 1. The Morgan fingerprint density at radius 2 is 1.93 bits per heavy atom. The second kappa shape index (κ2) is 14.1. The number of aliphatic hydroxyl groups is 1. The molecule has 4 aromatic rings. The van der Waals surface area contributed by atoms with Crippen molar-refractivity contribution in [2.45, 2.75) is 44.4 Å². The quantitative estimate of drug-likeness (QED) is 0.124. The van der Waals surface area contributed by atoms with E-state index >= 15 is 0 Å². The van der Waals surface area contributed by atoms with Crippen molar-refractivity contribution in [3.8, 4) is 22.4 Å². The van der Waals surface area contributed by atoms with Gasteiger partial charge in [-0.3, -0.25) is 19.6 Å². The number of amides is 1. The van der Waals surface area contributed by atoms with Crippen molar-refractivity contribution in [3.63, 3.8) is 0 Å². The number of halogens is 3. The largest absolute Gasteiger partial charge is 0.394 e. The number of aliphatic hydroxyl groups excluding tert-OH is 1. The Balaban J connectivity index is 1.31. The summed E-state index contributed by atoms with van der Waals surface area (Å²) in [5, 5.41) is 27.0. The minimum absolute atomic E-state index is 0.0928. The minimum Gasteiger partial charge on any atom is -0.394 e. The first kappa shape index (κ1) is 32.6. The molecule has 13 heteroatoms. The van der Waals surface area contributed by atoms with Gasteiger partial charge in [0.1, 0.15) is 11.5 Å². The smallest absolute Gasteiger partial charge is 0.268 e. The van der Waals surface area contributed by atoms with Gasteiger partial charge in [-0.15, -0.1) is 0 Å². The van der Waals surface area contributed by atoms with Gasteiger partial charge >= 0.3 is 0 Å². The number of carbonyl (C=O) groups is 2. The second-order valence-corrected chi connectivity index (χ2v) is 12.2. The van der Waals surface area contributed by atoms with Gasteiger partial charge in [-0.05, 0) is 67.8 Å². The molecule has 10 nitrogen and oxygen atoms in total. The van der Waals surface area contributed by atoms with Crippen molar-refractivity contribution in [1.29, 1.82) is 0 Å². The van der Waals surface area contributed by atoms with E-state index in [0.29, 0.717) is 46.8 Å². The number of Topliss-reactive ketones (excluding diaryl/α,β-unsaturated/α-hetero) is 1. The maximum atomic E-state index is 13.6. The molecule has 0 bridgehead atoms. The van der Waals surface area contributed by atoms with Crippen molar-refractivity contribution in [1.82, 2.24) is 30.7 Å². The Morgan fingerprint density at radius 3 is 2.60 bits per heavy atom. The van der Waals surface area contributed by atoms with Gasteiger partial charge in [0.25, 0.3) is 5.91 Å². The van der Waals surface area contributed by atoms with Gasteiger partial charge in [-0.2, -0.15) is 5.10 Å². The van der Waals surface area contributed by atoms with Gasteiger partial charge in [-0.1, -0.05) is 41.4 Å². The molecule has 1 aliphatic rings. The van der Waals surface area contributed by atoms with Crippen LogP contribution < -0.4 is 16.0 Å². The number of hydrogen-bond donors (Lipinski definition) is 6. The van der Waals surface area contributed by atoms with E-state index in [0.717, 1.165) is 29.5 Å². The predicted molar refractivity (Wildman–Crippen MR) is 174 cm³/mol. The summed E-state index contributed by atoms with van der Waals surface area (Å²) in [5.41, 5.74) is 4.50. The third-order valence-corrected chi connectivity index (χ3v) is 8.67. The molecule has 6 N–H and O–H groups in total. The highest BCUT2D eigenvalue weighted by Gasteiger charge is 2.27. The lowest BCUT2D eigenvalue weighted by Gasteiger charge is -2.19. The minimum atomic E-state index is -0.790. The molecule has 0 aliphatic carbocycles. The fourth-order valence-electron chi connectivity index (χ4n) is 5.62. The van der Waals surface area contributed by atoms with E-state index in [-0.39, 0.29) is 22.5 Å². The van der Waals surface area contributed by atoms with Crippen LogP contribution in [0.3, 0.4) is 0 Å². The van der Waals surface area contributed by atoms with E-state index < -0.39 is 24.4 Å². The van der Waals surface area contributed by atoms with Gasteiger partial charge in [0.2, 0.25) is 0 Å². The third-order valence-electron chi connectivity index (χ3n) is 8.02. The molecule has 1 fully saturated rings. The number of carbonyl (C=O) groups excluding carboxylic acids is 2. The highest BCUT2D eigenvalue weighted by atomic mass is 35.5. The molecule has 0 radical (unpaired) electrons. The summed E-state index contributed by atoms with van der Waals surface area (Å²) in [5.74, 6) is -0.280. The van der Waals surface area contributed by atoms with Crippen LogP contribution in [0.25, 0.3) is 22.4 Å². The topological polar surface area (TPSA) is 138 Å². The van der Waals surface area contributed by atoms with Crippen molar-refractivity contribution < 1.29 is 19.1 Å². The van der Waals surface area contributed by atoms with Gasteiger partial charge in [0.05, 0.1) is 41.5 Å². The molecule has 2 aromatic carbocycles. The fourth-order valence-corrected chi connectivity index (χ4v) is 6.05. The first-order chi connectivity index (χ1) is 21.6. The lowest BCUT2D eigenvalue weighted by atomic mass is 10.0. The van der Waals surface area contributed by atoms with Gasteiger partial charge in [0, 0.05) is 36.4 Å². The van der Waals surface area contributed by atoms with Crippen LogP contribution in [-0.4, -0.2) is 76.2 Å². The summed E-state index contributed by atoms with van der Waals surface area (Å²) in [7, 11) is 3.67. The number of ketones is 1. The van der Waals surface area contributed by atoms with E-state index in [9.17, 15) is 19.1 Å². The number of H-pyrrole nitrogens is 2. The Kier molecular flexibility index (Phi) is 10.3. The third kappa shape index (κ3) is 7.40. The van der Waals surface area contributed by atoms with Crippen LogP contribution in [0.15, 0.2) is 48.7 Å². The number of hydrogen-bond acceptors (Lipinski definition) is 7. The van der Waals surface area contributed by atoms with Crippen LogP contribution in [0, 0.1) is 5.82 Å². The van der Waals surface area contributed by atoms with Crippen LogP contribution in [0.1, 0.15) is 47.4 Å². The molecule has 5 rings (SSSR count). The molecular formula is C32H36Cl2FN7O3. The fraction of sp³-hybridized carbons (Fsp3) is 0.344. The molecular weight excluding hydrogens is 620 g/mol. The molecule has 1 aliphatic heterocycles. The van der Waals surface area contributed by atoms with Crippen molar-refractivity contribution in [3.05, 3.63) is 81.3 Å². The summed E-state index contributed by atoms with van der Waals surface area (Å²) in [6, 6.07) is 10.9. The molecule has 0 saturated carbocycles. The summed E-state index contributed by atoms with van der Waals surface area (Å²) >= 11 is 12.6. The molecule has 3 heterocycles. The zero-order chi connectivity index (χ0) is 32.2. The summed E-state index contributed by atoms with van der Waals surface area (Å²) in [6.07, 6.45) is 3.55. The van der Waals surface area contributed by atoms with Crippen LogP contribution >= 0.6 is 23.2 Å². The molecule has 3 atom stereocenters. The molecule has 1 amide bonds. The predicted octanol–water partition coefficient (Wildman–Crippen LogP) is 5.16. The maximum Gasteiger partial charge on any atom is 0.268 e. The highest BCUT2D eigenvalue weighted by molar-refractivity contribution is 6.31. The first-order valence-corrected chi connectivity index (χ1v) is 15.4. The van der Waals surface area contributed by atoms with Gasteiger partial charge in [0.15, 0.2) is 11.6 Å². The van der Waals surface area contributed by atoms with Gasteiger partial charge in [-0.25, -0.2) is 4.39 Å². The van der Waals surface area contributed by atoms with Crippen molar-refractivity contribution >= 4 is 40.7 Å². The monoisotopic (exact) mass is 655 g/mol. The molecule has 0 spiro atoms. The van der Waals surface area contributed by atoms with Gasteiger partial charge < -0.3 is 26.0 Å². The Labute approximate surface area is 270 Å². The normalized spacial score (nSPS) is 17.1. The lowest BCUT2D eigenvalue weighted by Crippen LogP contribution is -2.40. The van der Waals surface area contributed by atoms with Crippen LogP contribution in [-0.2, 0) is 11.3 Å². The number of aromatic nitrogens is 3. The average Bonchev–Trinajstić information content (AvgIpc) is 3.78. The number of nitrogens with one attached hydrogen (secondary N) is 5. The summed E-state index contributed by atoms with van der Waals surface area (Å²) in [6.45, 7) is 2.53. The van der Waals surface area contributed by atoms with Crippen LogP contribution in [0.5, 0.6) is 0 Å². The SMILES string of the molecule is CNc1n[nH]c(-c2c[nH]c(C(=O)NC(CO)c3ccc(F)c(Cl)c3)c2)c1-c1ccc(CN(C)CC(=O)C2CCC(C)N2)c(Cl)c1. The Morgan fingerprint density at radius 1 is 1.13 bits per heavy atom. The molecule has 2 aromatic heterocycles. The number of anilines is 1. The van der Waals surface area contributed by atoms with Crippen LogP contribution in [0.2, 0.25) is 10.0 Å². The summed E-state index contributed by atoms with van der Waals surface area (Å²) in [4.78, 5) is 30.7. The number of aromatic amines is 2. The van der Waals surface area contributed by atoms with E-state index in [1.165, 1.54) is 18.2 Å². The van der Waals surface area contributed by atoms with E-state index in [1.54, 1.807) is 19.3 Å². The second-order valence-electron chi connectivity index (χ2n) is 11.4. The maximum absolute atomic E-state index is 13.6. The number of rotatable bonds is 12. The number of nitrogens with zero attached hydrogens (tertiary/aromatic N) is 2. The Bertz CT molecular complexity index is 1690. The highest BCUT2D eigenvalue weighted by Crippen LogP contribution is 2.38. The standard InChI is InChI=1S/C32H36Cl2FN7O3/c1-17-4-9-25(38-17)28(44)15-42(3)14-20-6-5-19(11-22(20)33)29-30(40-41-31(29)36-2)21-12-26(37-13-21)32(45)39-27(16-43)18-7-8-24(35)23(34)10-18/h5-8,10-13,17,25,27,37-38,43H,4,9,14-16H2,1-3H3,(H,39,45)(H2,36,40,41). The summed E-state index contributed by atoms with van der Waals surface area (Å²) < 4.78 is 13.6. The zero-order valence-corrected chi connectivity index (χ0v) is 26.7. The zero-order valence-electron chi connectivity index (χ0n) is 25.2. The Hall–Kier alpha value is -3.74. The van der Waals surface area contributed by atoms with E-state index in [1.807, 2.05) is 30.1 Å². The van der Waals surface area contributed by atoms with Crippen LogP contribution in [0.4, 0.5) is 10.2 Å². The molecule has 3 unspecified atom stereocenters. The molecule has 45 heavy (non-hydrogen) atoms. The number of benzene rings is 2. The average molecular weight is 657 g/mol. The molecule has 1 saturated heterocycles. The van der Waals surface area contributed by atoms with E-state index in [2.05, 4.69) is 38.1 Å². The lowest BCUT2D eigenvalue weighted by molar-refractivity contribution is -0.121. The first-order valence-electron chi connectivity index (χ1n) is 14.7.